The zero-order valence-electron chi connectivity index (χ0n) is 11.1. The number of carbonyl (C=O) groups is 2. The van der Waals surface area contributed by atoms with E-state index in [9.17, 15) is 19.8 Å². The van der Waals surface area contributed by atoms with Crippen molar-refractivity contribution in [2.24, 2.45) is 11.8 Å². The van der Waals surface area contributed by atoms with Crippen molar-refractivity contribution in [3.8, 4) is 0 Å². The molecule has 0 saturated carbocycles. The summed E-state index contributed by atoms with van der Waals surface area (Å²) in [5, 5.41) is 21.4. The molecule has 1 rings (SSSR count). The highest BCUT2D eigenvalue weighted by molar-refractivity contribution is 5.96. The van der Waals surface area contributed by atoms with Crippen LogP contribution in [0.25, 0.3) is 0 Å². The third kappa shape index (κ3) is 2.39. The van der Waals surface area contributed by atoms with Crippen molar-refractivity contribution in [3.63, 3.8) is 0 Å². The fraction of sp³-hybridized carbons (Fsp3) is 0.538. The Labute approximate surface area is 106 Å². The van der Waals surface area contributed by atoms with Gasteiger partial charge in [-0.25, -0.2) is 9.59 Å². The van der Waals surface area contributed by atoms with Gasteiger partial charge in [0.25, 0.3) is 0 Å². The van der Waals surface area contributed by atoms with Crippen molar-refractivity contribution < 1.29 is 19.8 Å². The zero-order chi connectivity index (χ0) is 14.0. The Morgan fingerprint density at radius 3 is 1.83 bits per heavy atom. The number of nitrogens with one attached hydrogen (secondary N) is 1. The molecule has 5 nitrogen and oxygen atoms in total. The molecule has 0 aliphatic carbocycles. The van der Waals surface area contributed by atoms with Crippen LogP contribution in [0.2, 0.25) is 0 Å². The quantitative estimate of drug-likeness (QED) is 0.713. The Morgan fingerprint density at radius 2 is 1.56 bits per heavy atom. The van der Waals surface area contributed by atoms with Crippen LogP contribution in [-0.4, -0.2) is 22.2 Å². The van der Waals surface area contributed by atoms with Crippen molar-refractivity contribution in [2.45, 2.75) is 34.1 Å². The smallest absolute Gasteiger partial charge is 0.333 e. The van der Waals surface area contributed by atoms with Crippen LogP contribution in [0.15, 0.2) is 22.5 Å². The number of aliphatic carboxylic acids is 2. The molecule has 0 fully saturated rings. The summed E-state index contributed by atoms with van der Waals surface area (Å²) >= 11 is 0. The van der Waals surface area contributed by atoms with Gasteiger partial charge in [-0.1, -0.05) is 20.3 Å². The van der Waals surface area contributed by atoms with Crippen molar-refractivity contribution >= 4 is 11.9 Å². The van der Waals surface area contributed by atoms with Gasteiger partial charge in [0.1, 0.15) is 0 Å². The normalized spacial score (nSPS) is 18.7. The fourth-order valence-corrected chi connectivity index (χ4v) is 2.42. The van der Waals surface area contributed by atoms with Gasteiger partial charge >= 0.3 is 11.9 Å². The molecule has 5 heteroatoms. The molecule has 1 aliphatic heterocycles. The predicted octanol–water partition coefficient (Wildman–Crippen LogP) is 1.97. The minimum absolute atomic E-state index is 0.0331. The van der Waals surface area contributed by atoms with Gasteiger partial charge in [-0.05, 0) is 19.8 Å². The van der Waals surface area contributed by atoms with Gasteiger partial charge in [0.15, 0.2) is 0 Å². The number of dihydropyridines is 1. The van der Waals surface area contributed by atoms with E-state index in [1.165, 1.54) is 0 Å². The first-order valence-electron chi connectivity index (χ1n) is 5.96. The van der Waals surface area contributed by atoms with Crippen molar-refractivity contribution in [1.29, 1.82) is 0 Å². The molecule has 0 spiro atoms. The molecule has 0 aromatic carbocycles. The van der Waals surface area contributed by atoms with Crippen LogP contribution in [0.1, 0.15) is 34.1 Å². The lowest BCUT2D eigenvalue weighted by Crippen LogP contribution is -2.35. The Balaban J connectivity index is 3.40. The summed E-state index contributed by atoms with van der Waals surface area (Å²) in [6.07, 6.45) is 0.721. The summed E-state index contributed by atoms with van der Waals surface area (Å²) in [5.74, 6) is -2.71. The minimum atomic E-state index is -1.06. The van der Waals surface area contributed by atoms with Crippen molar-refractivity contribution in [2.75, 3.05) is 0 Å². The summed E-state index contributed by atoms with van der Waals surface area (Å²) in [5.41, 5.74) is 1.37. The summed E-state index contributed by atoms with van der Waals surface area (Å²) in [4.78, 5) is 22.7. The van der Waals surface area contributed by atoms with E-state index in [0.29, 0.717) is 11.4 Å². The van der Waals surface area contributed by atoms with E-state index in [4.69, 9.17) is 0 Å². The monoisotopic (exact) mass is 253 g/mol. The van der Waals surface area contributed by atoms with E-state index in [0.717, 1.165) is 6.42 Å². The Hall–Kier alpha value is -1.78. The first-order chi connectivity index (χ1) is 8.31. The summed E-state index contributed by atoms with van der Waals surface area (Å²) in [6, 6.07) is 0. The number of hydrogen-bond acceptors (Lipinski definition) is 3. The number of carboxylic acid groups (broad SMARTS) is 2. The molecule has 100 valence electrons. The maximum atomic E-state index is 11.4. The molecule has 0 saturated heterocycles. The van der Waals surface area contributed by atoms with Gasteiger partial charge in [-0.2, -0.15) is 0 Å². The summed E-state index contributed by atoms with van der Waals surface area (Å²) in [6.45, 7) is 7.14. The maximum Gasteiger partial charge on any atom is 0.333 e. The Kier molecular flexibility index (Phi) is 4.16. The molecule has 0 aromatic heterocycles. The first kappa shape index (κ1) is 14.3. The van der Waals surface area contributed by atoms with Gasteiger partial charge in [0.05, 0.1) is 11.1 Å². The van der Waals surface area contributed by atoms with E-state index in [-0.39, 0.29) is 17.1 Å². The molecular formula is C13H19NO4. The summed E-state index contributed by atoms with van der Waals surface area (Å²) < 4.78 is 0. The standard InChI is InChI=1S/C13H19NO4/c1-5-6(2)9-10(12(15)16)7(3)14-8(4)11(9)13(17)18/h6,9,14H,5H2,1-4H3,(H,15,16)(H,17,18). The van der Waals surface area contributed by atoms with Gasteiger partial charge < -0.3 is 15.5 Å². The highest BCUT2D eigenvalue weighted by Gasteiger charge is 2.37. The van der Waals surface area contributed by atoms with Crippen LogP contribution in [0.4, 0.5) is 0 Å². The van der Waals surface area contributed by atoms with E-state index >= 15 is 0 Å². The molecule has 3 N–H and O–H groups in total. The lowest BCUT2D eigenvalue weighted by Gasteiger charge is -2.31. The molecular weight excluding hydrogens is 234 g/mol. The van der Waals surface area contributed by atoms with Crippen LogP contribution < -0.4 is 5.32 Å². The van der Waals surface area contributed by atoms with Crippen LogP contribution in [0.3, 0.4) is 0 Å². The van der Waals surface area contributed by atoms with E-state index < -0.39 is 17.9 Å². The van der Waals surface area contributed by atoms with Crippen LogP contribution in [0, 0.1) is 11.8 Å². The van der Waals surface area contributed by atoms with E-state index in [1.807, 2.05) is 13.8 Å². The average Bonchev–Trinajstić information content (AvgIpc) is 2.25. The van der Waals surface area contributed by atoms with Gasteiger partial charge in [0, 0.05) is 17.3 Å². The second-order valence-electron chi connectivity index (χ2n) is 4.68. The molecule has 0 radical (unpaired) electrons. The lowest BCUT2D eigenvalue weighted by molar-refractivity contribution is -0.134. The van der Waals surface area contributed by atoms with Crippen molar-refractivity contribution in [1.82, 2.24) is 5.32 Å². The third-order valence-electron chi connectivity index (χ3n) is 3.48. The van der Waals surface area contributed by atoms with Crippen LogP contribution in [-0.2, 0) is 9.59 Å². The van der Waals surface area contributed by atoms with Gasteiger partial charge in [-0.15, -0.1) is 0 Å². The zero-order valence-corrected chi connectivity index (χ0v) is 11.1. The Bertz CT molecular complexity index is 412. The maximum absolute atomic E-state index is 11.4. The molecule has 0 amide bonds. The number of carboxylic acids is 2. The number of rotatable bonds is 4. The highest BCUT2D eigenvalue weighted by atomic mass is 16.4. The molecule has 1 heterocycles. The molecule has 0 bridgehead atoms. The largest absolute Gasteiger partial charge is 0.478 e. The number of hydrogen-bond donors (Lipinski definition) is 3. The second kappa shape index (κ2) is 5.25. The van der Waals surface area contributed by atoms with Gasteiger partial charge in [0.2, 0.25) is 0 Å². The van der Waals surface area contributed by atoms with E-state index in [1.54, 1.807) is 13.8 Å². The predicted molar refractivity (Wildman–Crippen MR) is 66.8 cm³/mol. The first-order valence-corrected chi connectivity index (χ1v) is 5.96. The van der Waals surface area contributed by atoms with Crippen LogP contribution in [0.5, 0.6) is 0 Å². The summed E-state index contributed by atoms with van der Waals surface area (Å²) in [7, 11) is 0. The lowest BCUT2D eigenvalue weighted by atomic mass is 9.76. The fourth-order valence-electron chi connectivity index (χ4n) is 2.42. The molecule has 1 aliphatic rings. The van der Waals surface area contributed by atoms with Crippen molar-refractivity contribution in [3.05, 3.63) is 22.5 Å². The average molecular weight is 253 g/mol. The molecule has 0 aromatic rings. The third-order valence-corrected chi connectivity index (χ3v) is 3.48. The minimum Gasteiger partial charge on any atom is -0.478 e. The van der Waals surface area contributed by atoms with Crippen LogP contribution >= 0.6 is 0 Å². The molecule has 18 heavy (non-hydrogen) atoms. The molecule has 1 unspecified atom stereocenters. The highest BCUT2D eigenvalue weighted by Crippen LogP contribution is 2.36. The Morgan fingerprint density at radius 1 is 1.17 bits per heavy atom. The topological polar surface area (TPSA) is 86.6 Å². The number of allylic oxidation sites excluding steroid dienone is 2. The molecule has 1 atom stereocenters. The van der Waals surface area contributed by atoms with Gasteiger partial charge in [-0.3, -0.25) is 0 Å². The van der Waals surface area contributed by atoms with E-state index in [2.05, 4.69) is 5.32 Å². The second-order valence-corrected chi connectivity index (χ2v) is 4.68. The SMILES string of the molecule is CCC(C)C1C(C(=O)O)=C(C)NC(C)=C1C(=O)O.